The van der Waals surface area contributed by atoms with E-state index in [-0.39, 0.29) is 17.8 Å². The van der Waals surface area contributed by atoms with Crippen molar-refractivity contribution in [2.75, 3.05) is 31.1 Å². The lowest BCUT2D eigenvalue weighted by Crippen LogP contribution is -2.39. The number of hydrogen-bond acceptors (Lipinski definition) is 7. The molecule has 0 aliphatic carbocycles. The number of ether oxygens (including phenoxy) is 1. The third kappa shape index (κ3) is 5.29. The Morgan fingerprint density at radius 1 is 1.23 bits per heavy atom. The summed E-state index contributed by atoms with van der Waals surface area (Å²) in [5.41, 5.74) is 1.71. The second kappa shape index (κ2) is 10.7. The molecule has 1 saturated heterocycles. The van der Waals surface area contributed by atoms with Crippen molar-refractivity contribution in [3.63, 3.8) is 0 Å². The molecule has 1 amide bonds. The molecule has 164 valence electrons. The smallest absolute Gasteiger partial charge is 0.309 e. The van der Waals surface area contributed by atoms with Gasteiger partial charge >= 0.3 is 5.97 Å². The number of nitrogens with zero attached hydrogens (tertiary/aromatic N) is 4. The Labute approximate surface area is 182 Å². The highest BCUT2D eigenvalue weighted by Crippen LogP contribution is 2.30. The first kappa shape index (κ1) is 22.5. The van der Waals surface area contributed by atoms with Crippen molar-refractivity contribution in [1.29, 1.82) is 5.26 Å². The van der Waals surface area contributed by atoms with Crippen molar-refractivity contribution >= 4 is 28.7 Å². The van der Waals surface area contributed by atoms with Crippen LogP contribution in [0.5, 0.6) is 0 Å². The third-order valence-corrected chi connectivity index (χ3v) is 5.49. The highest BCUT2D eigenvalue weighted by atomic mass is 16.5. The van der Waals surface area contributed by atoms with E-state index in [1.54, 1.807) is 6.92 Å². The van der Waals surface area contributed by atoms with E-state index in [0.29, 0.717) is 61.6 Å². The number of amides is 1. The van der Waals surface area contributed by atoms with Crippen molar-refractivity contribution in [1.82, 2.24) is 15.3 Å². The van der Waals surface area contributed by atoms with E-state index in [0.717, 1.165) is 12.8 Å². The molecule has 1 atom stereocenters. The van der Waals surface area contributed by atoms with Gasteiger partial charge in [-0.25, -0.2) is 9.97 Å². The van der Waals surface area contributed by atoms with Crippen LogP contribution >= 0.6 is 0 Å². The fourth-order valence-corrected chi connectivity index (χ4v) is 3.75. The molecule has 0 bridgehead atoms. The number of unbranched alkanes of at least 4 members (excludes halogenated alkanes) is 1. The number of para-hydroxylation sites is 2. The summed E-state index contributed by atoms with van der Waals surface area (Å²) in [4.78, 5) is 36.3. The average molecular weight is 424 g/mol. The first-order valence-corrected chi connectivity index (χ1v) is 10.9. The first-order chi connectivity index (χ1) is 15.1. The number of rotatable bonds is 8. The van der Waals surface area contributed by atoms with E-state index in [4.69, 9.17) is 9.72 Å². The predicted octanol–water partition coefficient (Wildman–Crippen LogP) is 2.93. The normalized spacial score (nSPS) is 15.3. The van der Waals surface area contributed by atoms with Crippen LogP contribution in [0.15, 0.2) is 24.3 Å². The molecule has 3 rings (SSSR count). The molecule has 0 radical (unpaired) electrons. The topological polar surface area (TPSA) is 108 Å². The van der Waals surface area contributed by atoms with Gasteiger partial charge in [0.2, 0.25) is 5.91 Å². The van der Waals surface area contributed by atoms with Crippen LogP contribution < -0.4 is 10.2 Å². The fourth-order valence-electron chi connectivity index (χ4n) is 3.75. The van der Waals surface area contributed by atoms with E-state index < -0.39 is 5.92 Å². The van der Waals surface area contributed by atoms with E-state index in [1.807, 2.05) is 36.1 Å². The second-order valence-corrected chi connectivity index (χ2v) is 7.64. The van der Waals surface area contributed by atoms with Gasteiger partial charge in [-0.1, -0.05) is 25.5 Å². The Bertz CT molecular complexity index is 963. The monoisotopic (exact) mass is 423 g/mol. The van der Waals surface area contributed by atoms with Crippen molar-refractivity contribution in [2.24, 2.45) is 5.92 Å². The molecule has 8 nitrogen and oxygen atoms in total. The number of hydrogen-bond donors (Lipinski definition) is 1. The minimum atomic E-state index is -1.05. The minimum Gasteiger partial charge on any atom is -0.466 e. The number of aromatic nitrogens is 2. The fraction of sp³-hybridized carbons (Fsp3) is 0.522. The number of nitrogens with one attached hydrogen (secondary N) is 1. The van der Waals surface area contributed by atoms with Crippen LogP contribution in [-0.2, 0) is 14.3 Å². The summed E-state index contributed by atoms with van der Waals surface area (Å²) in [7, 11) is 0. The molecule has 1 aliphatic heterocycles. The molecule has 1 N–H and O–H groups in total. The molecule has 31 heavy (non-hydrogen) atoms. The number of benzene rings is 1. The number of fused-ring (bicyclic) bond motifs is 1. The minimum absolute atomic E-state index is 0.142. The highest BCUT2D eigenvalue weighted by Gasteiger charge is 2.32. The van der Waals surface area contributed by atoms with Crippen LogP contribution in [-0.4, -0.2) is 48.1 Å². The summed E-state index contributed by atoms with van der Waals surface area (Å²) < 4.78 is 5.16. The summed E-state index contributed by atoms with van der Waals surface area (Å²) >= 11 is 0. The number of anilines is 1. The van der Waals surface area contributed by atoms with Crippen molar-refractivity contribution < 1.29 is 14.3 Å². The van der Waals surface area contributed by atoms with Crippen LogP contribution in [0.1, 0.15) is 51.1 Å². The predicted molar refractivity (Wildman–Crippen MR) is 117 cm³/mol. The molecule has 0 spiro atoms. The zero-order valence-electron chi connectivity index (χ0n) is 18.1. The zero-order valence-corrected chi connectivity index (χ0v) is 18.1. The molecule has 1 aromatic carbocycles. The highest BCUT2D eigenvalue weighted by molar-refractivity contribution is 5.88. The summed E-state index contributed by atoms with van der Waals surface area (Å²) in [5.74, 6) is -1.18. The number of nitriles is 1. The Hall–Kier alpha value is -3.21. The van der Waals surface area contributed by atoms with Gasteiger partial charge in [0.05, 0.1) is 29.6 Å². The van der Waals surface area contributed by atoms with Gasteiger partial charge in [-0.3, -0.25) is 9.59 Å². The van der Waals surface area contributed by atoms with Gasteiger partial charge < -0.3 is 15.0 Å². The maximum atomic E-state index is 12.8. The van der Waals surface area contributed by atoms with E-state index >= 15 is 0 Å². The molecule has 1 aliphatic rings. The summed E-state index contributed by atoms with van der Waals surface area (Å²) in [5, 5.41) is 12.7. The molecule has 1 aromatic heterocycles. The van der Waals surface area contributed by atoms with Gasteiger partial charge in [0, 0.05) is 19.6 Å². The molecule has 2 aromatic rings. The Morgan fingerprint density at radius 2 is 1.90 bits per heavy atom. The van der Waals surface area contributed by atoms with E-state index in [1.165, 1.54) is 0 Å². The number of esters is 1. The van der Waals surface area contributed by atoms with E-state index in [2.05, 4.69) is 16.4 Å². The zero-order chi connectivity index (χ0) is 22.2. The van der Waals surface area contributed by atoms with E-state index in [9.17, 15) is 14.9 Å². The maximum Gasteiger partial charge on any atom is 0.309 e. The number of carbonyl (C=O) groups excluding carboxylic acids is 2. The lowest BCUT2D eigenvalue weighted by atomic mass is 9.96. The molecule has 1 fully saturated rings. The van der Waals surface area contributed by atoms with Crippen LogP contribution in [0.25, 0.3) is 11.0 Å². The standard InChI is InChI=1S/C23H29N5O3/c1-3-5-12-25-22(29)17(15-24)20-21(27-19-9-7-6-8-18(19)26-20)28-13-10-16(11-14-28)23(30)31-4-2/h6-9,16-17H,3-5,10-14H2,1-2H3,(H,25,29)/t17-/m0/s1. The second-order valence-electron chi connectivity index (χ2n) is 7.64. The van der Waals surface area contributed by atoms with Crippen LogP contribution in [0.4, 0.5) is 5.82 Å². The van der Waals surface area contributed by atoms with Gasteiger partial charge in [0.15, 0.2) is 11.7 Å². The SMILES string of the molecule is CCCCNC(=O)[C@@H](C#N)c1nc2ccccc2nc1N1CCC(C(=O)OCC)CC1. The average Bonchev–Trinajstić information content (AvgIpc) is 2.79. The van der Waals surface area contributed by atoms with Crippen molar-refractivity contribution in [3.05, 3.63) is 30.0 Å². The molecular weight excluding hydrogens is 394 g/mol. The lowest BCUT2D eigenvalue weighted by Gasteiger charge is -2.33. The quantitative estimate of drug-likeness (QED) is 0.514. The first-order valence-electron chi connectivity index (χ1n) is 10.9. The Balaban J connectivity index is 1.90. The Morgan fingerprint density at radius 3 is 2.52 bits per heavy atom. The molecule has 8 heteroatoms. The van der Waals surface area contributed by atoms with Gasteiger partial charge in [0.1, 0.15) is 5.69 Å². The number of carbonyl (C=O) groups is 2. The van der Waals surface area contributed by atoms with Gasteiger partial charge in [-0.05, 0) is 38.3 Å². The number of piperidine rings is 1. The molecule has 2 heterocycles. The third-order valence-electron chi connectivity index (χ3n) is 5.49. The summed E-state index contributed by atoms with van der Waals surface area (Å²) in [6, 6.07) is 9.54. The van der Waals surface area contributed by atoms with Crippen LogP contribution in [0.2, 0.25) is 0 Å². The van der Waals surface area contributed by atoms with Crippen molar-refractivity contribution in [2.45, 2.75) is 45.4 Å². The van der Waals surface area contributed by atoms with Gasteiger partial charge in [0.25, 0.3) is 0 Å². The molecule has 0 saturated carbocycles. The van der Waals surface area contributed by atoms with Crippen LogP contribution in [0.3, 0.4) is 0 Å². The Kier molecular flexibility index (Phi) is 7.76. The van der Waals surface area contributed by atoms with Crippen LogP contribution in [0, 0.1) is 17.2 Å². The largest absolute Gasteiger partial charge is 0.466 e. The maximum absolute atomic E-state index is 12.8. The summed E-state index contributed by atoms with van der Waals surface area (Å²) in [6.45, 7) is 5.90. The lowest BCUT2D eigenvalue weighted by molar-refractivity contribution is -0.148. The van der Waals surface area contributed by atoms with Gasteiger partial charge in [-0.15, -0.1) is 0 Å². The summed E-state index contributed by atoms with van der Waals surface area (Å²) in [6.07, 6.45) is 3.06. The molecular formula is C23H29N5O3. The van der Waals surface area contributed by atoms with Crippen molar-refractivity contribution in [3.8, 4) is 6.07 Å². The molecule has 0 unspecified atom stereocenters. The van der Waals surface area contributed by atoms with Gasteiger partial charge in [-0.2, -0.15) is 5.26 Å².